The van der Waals surface area contributed by atoms with Crippen LogP contribution in [0.25, 0.3) is 0 Å². The Morgan fingerprint density at radius 3 is 2.71 bits per heavy atom. The molecule has 136 valence electrons. The standard InChI is InChI=1S/C17H24BrF2NO3/c1-12-3-2-4-21(9-12)10-14(22)11-23-5-6-24-17-15(19)7-13(18)8-16(17)20/h7-8,12,14,22H,2-6,9-11H2,1H3. The quantitative estimate of drug-likeness (QED) is 0.671. The van der Waals surface area contributed by atoms with Crippen molar-refractivity contribution in [3.63, 3.8) is 0 Å². The lowest BCUT2D eigenvalue weighted by Gasteiger charge is -2.32. The average Bonchev–Trinajstić information content (AvgIpc) is 2.49. The van der Waals surface area contributed by atoms with Crippen molar-refractivity contribution in [2.75, 3.05) is 39.5 Å². The zero-order valence-electron chi connectivity index (χ0n) is 13.8. The Morgan fingerprint density at radius 1 is 1.33 bits per heavy atom. The van der Waals surface area contributed by atoms with Gasteiger partial charge in [0.1, 0.15) is 6.61 Å². The highest BCUT2D eigenvalue weighted by molar-refractivity contribution is 9.10. The zero-order chi connectivity index (χ0) is 17.5. The molecule has 1 aromatic carbocycles. The molecule has 24 heavy (non-hydrogen) atoms. The molecule has 1 fully saturated rings. The molecule has 2 atom stereocenters. The van der Waals surface area contributed by atoms with Crippen molar-refractivity contribution in [1.29, 1.82) is 0 Å². The summed E-state index contributed by atoms with van der Waals surface area (Å²) in [6.45, 7) is 5.16. The van der Waals surface area contributed by atoms with E-state index in [1.807, 2.05) is 0 Å². The van der Waals surface area contributed by atoms with Crippen molar-refractivity contribution in [3.8, 4) is 5.75 Å². The third kappa shape index (κ3) is 6.27. The van der Waals surface area contributed by atoms with Gasteiger partial charge >= 0.3 is 0 Å². The number of halogens is 3. The third-order valence-electron chi connectivity index (χ3n) is 3.96. The fourth-order valence-corrected chi connectivity index (χ4v) is 3.29. The summed E-state index contributed by atoms with van der Waals surface area (Å²) in [7, 11) is 0. The Bertz CT molecular complexity index is 510. The summed E-state index contributed by atoms with van der Waals surface area (Å²) >= 11 is 3.01. The molecule has 0 saturated carbocycles. The molecule has 0 radical (unpaired) electrons. The summed E-state index contributed by atoms with van der Waals surface area (Å²) in [5.74, 6) is -1.28. The molecule has 0 aliphatic carbocycles. The smallest absolute Gasteiger partial charge is 0.190 e. The lowest BCUT2D eigenvalue weighted by molar-refractivity contribution is 0.00167. The summed E-state index contributed by atoms with van der Waals surface area (Å²) in [6.07, 6.45) is 1.83. The number of aliphatic hydroxyl groups is 1. The second-order valence-corrected chi connectivity index (χ2v) is 7.20. The van der Waals surface area contributed by atoms with Crippen LogP contribution < -0.4 is 4.74 Å². The number of hydrogen-bond acceptors (Lipinski definition) is 4. The maximum Gasteiger partial charge on any atom is 0.190 e. The van der Waals surface area contributed by atoms with Crippen LogP contribution in [0.15, 0.2) is 16.6 Å². The maximum atomic E-state index is 13.6. The van der Waals surface area contributed by atoms with Gasteiger partial charge in [-0.15, -0.1) is 0 Å². The second-order valence-electron chi connectivity index (χ2n) is 6.28. The van der Waals surface area contributed by atoms with Gasteiger partial charge in [-0.05, 0) is 37.4 Å². The number of aliphatic hydroxyl groups excluding tert-OH is 1. The molecular weight excluding hydrogens is 384 g/mol. The van der Waals surface area contributed by atoms with Gasteiger partial charge in [-0.25, -0.2) is 8.78 Å². The maximum absolute atomic E-state index is 13.6. The SMILES string of the molecule is CC1CCCN(CC(O)COCCOc2c(F)cc(Br)cc2F)C1. The van der Waals surface area contributed by atoms with Gasteiger partial charge in [0, 0.05) is 17.6 Å². The van der Waals surface area contributed by atoms with Crippen LogP contribution in [0.1, 0.15) is 19.8 Å². The van der Waals surface area contributed by atoms with Crippen LogP contribution in [0, 0.1) is 17.6 Å². The van der Waals surface area contributed by atoms with Gasteiger partial charge in [0.2, 0.25) is 0 Å². The molecule has 2 rings (SSSR count). The van der Waals surface area contributed by atoms with Crippen LogP contribution in [-0.4, -0.2) is 55.6 Å². The van der Waals surface area contributed by atoms with Crippen LogP contribution in [0.5, 0.6) is 5.75 Å². The van der Waals surface area contributed by atoms with Crippen LogP contribution >= 0.6 is 15.9 Å². The fraction of sp³-hybridized carbons (Fsp3) is 0.647. The number of hydrogen-bond donors (Lipinski definition) is 1. The molecule has 1 aromatic rings. The first-order chi connectivity index (χ1) is 11.5. The number of β-amino-alcohol motifs (C(OH)–C–C–N with tert-alkyl or cyclic N) is 1. The molecule has 0 bridgehead atoms. The van der Waals surface area contributed by atoms with E-state index in [1.165, 1.54) is 6.42 Å². The molecule has 0 amide bonds. The van der Waals surface area contributed by atoms with Crippen molar-refractivity contribution in [1.82, 2.24) is 4.90 Å². The molecule has 0 spiro atoms. The zero-order valence-corrected chi connectivity index (χ0v) is 15.4. The highest BCUT2D eigenvalue weighted by Gasteiger charge is 2.19. The second kappa shape index (κ2) is 9.65. The fourth-order valence-electron chi connectivity index (χ4n) is 2.89. The molecule has 4 nitrogen and oxygen atoms in total. The Morgan fingerprint density at radius 2 is 2.04 bits per heavy atom. The molecule has 0 aromatic heterocycles. The molecule has 7 heteroatoms. The predicted molar refractivity (Wildman–Crippen MR) is 91.2 cm³/mol. The normalized spacial score (nSPS) is 20.1. The van der Waals surface area contributed by atoms with Gasteiger partial charge in [-0.1, -0.05) is 22.9 Å². The lowest BCUT2D eigenvalue weighted by atomic mass is 10.0. The lowest BCUT2D eigenvalue weighted by Crippen LogP contribution is -2.40. The molecule has 2 unspecified atom stereocenters. The predicted octanol–water partition coefficient (Wildman–Crippen LogP) is 3.22. The first-order valence-corrected chi connectivity index (χ1v) is 9.00. The van der Waals surface area contributed by atoms with Gasteiger partial charge in [0.05, 0.1) is 19.3 Å². The Hall–Kier alpha value is -0.760. The van der Waals surface area contributed by atoms with Gasteiger partial charge in [0.15, 0.2) is 17.4 Å². The number of ether oxygens (including phenoxy) is 2. The number of benzene rings is 1. The van der Waals surface area contributed by atoms with Crippen molar-refractivity contribution in [3.05, 3.63) is 28.2 Å². The van der Waals surface area contributed by atoms with E-state index in [2.05, 4.69) is 27.8 Å². The number of piperidine rings is 1. The minimum Gasteiger partial charge on any atom is -0.485 e. The first-order valence-electron chi connectivity index (χ1n) is 8.21. The molecular formula is C17H24BrF2NO3. The van der Waals surface area contributed by atoms with Gasteiger partial charge in [-0.2, -0.15) is 0 Å². The van der Waals surface area contributed by atoms with E-state index in [0.29, 0.717) is 16.9 Å². The highest BCUT2D eigenvalue weighted by Crippen LogP contribution is 2.25. The largest absolute Gasteiger partial charge is 0.485 e. The Labute approximate surface area is 149 Å². The van der Waals surface area contributed by atoms with E-state index in [-0.39, 0.29) is 19.8 Å². The summed E-state index contributed by atoms with van der Waals surface area (Å²) in [5, 5.41) is 9.99. The molecule has 1 aliphatic heterocycles. The summed E-state index contributed by atoms with van der Waals surface area (Å²) in [6, 6.07) is 2.28. The molecule has 1 saturated heterocycles. The van der Waals surface area contributed by atoms with Gasteiger partial charge in [0.25, 0.3) is 0 Å². The number of nitrogens with zero attached hydrogens (tertiary/aromatic N) is 1. The van der Waals surface area contributed by atoms with Crippen molar-refractivity contribution in [2.24, 2.45) is 5.92 Å². The number of rotatable bonds is 8. The summed E-state index contributed by atoms with van der Waals surface area (Å²) < 4.78 is 37.8. The van der Waals surface area contributed by atoms with E-state index in [4.69, 9.17) is 9.47 Å². The van der Waals surface area contributed by atoms with Gasteiger partial charge in [-0.3, -0.25) is 0 Å². The number of likely N-dealkylation sites (tertiary alicyclic amines) is 1. The van der Waals surface area contributed by atoms with E-state index in [1.54, 1.807) is 0 Å². The van der Waals surface area contributed by atoms with E-state index in [9.17, 15) is 13.9 Å². The molecule has 1 N–H and O–H groups in total. The van der Waals surface area contributed by atoms with E-state index >= 15 is 0 Å². The van der Waals surface area contributed by atoms with Crippen LogP contribution in [0.2, 0.25) is 0 Å². The van der Waals surface area contributed by atoms with E-state index < -0.39 is 23.5 Å². The van der Waals surface area contributed by atoms with Crippen LogP contribution in [0.3, 0.4) is 0 Å². The minimum atomic E-state index is -0.763. The van der Waals surface area contributed by atoms with Crippen LogP contribution in [-0.2, 0) is 4.74 Å². The summed E-state index contributed by atoms with van der Waals surface area (Å²) in [4.78, 5) is 2.24. The third-order valence-corrected chi connectivity index (χ3v) is 4.42. The Kier molecular flexibility index (Phi) is 7.87. The molecule has 1 heterocycles. The minimum absolute atomic E-state index is 0.0168. The summed E-state index contributed by atoms with van der Waals surface area (Å²) in [5.41, 5.74) is 0. The monoisotopic (exact) mass is 407 g/mol. The average molecular weight is 408 g/mol. The Balaban J connectivity index is 1.62. The topological polar surface area (TPSA) is 41.9 Å². The van der Waals surface area contributed by atoms with E-state index in [0.717, 1.165) is 31.6 Å². The van der Waals surface area contributed by atoms with Crippen LogP contribution in [0.4, 0.5) is 8.78 Å². The van der Waals surface area contributed by atoms with Crippen molar-refractivity contribution < 1.29 is 23.4 Å². The molecule has 1 aliphatic rings. The van der Waals surface area contributed by atoms with Gasteiger partial charge < -0.3 is 19.5 Å². The van der Waals surface area contributed by atoms with Crippen molar-refractivity contribution >= 4 is 15.9 Å². The highest BCUT2D eigenvalue weighted by atomic mass is 79.9. The van der Waals surface area contributed by atoms with Crippen molar-refractivity contribution in [2.45, 2.75) is 25.9 Å². The first kappa shape index (κ1) is 19.6.